The third kappa shape index (κ3) is 3.11. The van der Waals surface area contributed by atoms with Crippen molar-refractivity contribution in [3.63, 3.8) is 0 Å². The zero-order valence-electron chi connectivity index (χ0n) is 18.1. The van der Waals surface area contributed by atoms with E-state index in [1.165, 1.54) is 19.3 Å². The van der Waals surface area contributed by atoms with Crippen molar-refractivity contribution in [3.8, 4) is 5.75 Å². The number of benzene rings is 3. The van der Waals surface area contributed by atoms with E-state index >= 15 is 0 Å². The molecule has 160 valence electrons. The summed E-state index contributed by atoms with van der Waals surface area (Å²) in [7, 11) is 0. The lowest BCUT2D eigenvalue weighted by molar-refractivity contribution is 0.441. The van der Waals surface area contributed by atoms with E-state index in [-0.39, 0.29) is 5.75 Å². The average Bonchev–Trinajstić information content (AvgIpc) is 3.25. The molecule has 5 heteroatoms. The van der Waals surface area contributed by atoms with Gasteiger partial charge in [0, 0.05) is 17.2 Å². The molecule has 1 saturated carbocycles. The van der Waals surface area contributed by atoms with Crippen molar-refractivity contribution < 1.29 is 9.63 Å². The first-order valence-corrected chi connectivity index (χ1v) is 11.4. The molecule has 5 nitrogen and oxygen atoms in total. The average molecular weight is 424 g/mol. The topological polar surface area (TPSA) is 71.0 Å². The second kappa shape index (κ2) is 7.59. The minimum absolute atomic E-state index is 0.237. The van der Waals surface area contributed by atoms with Gasteiger partial charge in [-0.3, -0.25) is 9.98 Å². The fraction of sp³-hybridized carbons (Fsp3) is 0.296. The summed E-state index contributed by atoms with van der Waals surface area (Å²) in [6.45, 7) is 2.06. The van der Waals surface area contributed by atoms with Gasteiger partial charge in [0.05, 0.1) is 34.1 Å². The third-order valence-corrected chi connectivity index (χ3v) is 6.68. The van der Waals surface area contributed by atoms with Crippen LogP contribution >= 0.6 is 0 Å². The number of fused-ring (bicyclic) bond motifs is 2. The third-order valence-electron chi connectivity index (χ3n) is 6.68. The number of hydrogen-bond acceptors (Lipinski definition) is 5. The van der Waals surface area contributed by atoms with E-state index < -0.39 is 0 Å². The Hall–Kier alpha value is -3.47. The van der Waals surface area contributed by atoms with Crippen molar-refractivity contribution in [3.05, 3.63) is 65.4 Å². The second-order valence-corrected chi connectivity index (χ2v) is 8.95. The molecule has 0 bridgehead atoms. The van der Waals surface area contributed by atoms with Crippen molar-refractivity contribution in [2.24, 2.45) is 9.98 Å². The maximum atomic E-state index is 11.3. The molecule has 0 radical (unpaired) electrons. The summed E-state index contributed by atoms with van der Waals surface area (Å²) in [5, 5.41) is 18.2. The maximum absolute atomic E-state index is 11.3. The molecule has 1 N–H and O–H groups in total. The summed E-state index contributed by atoms with van der Waals surface area (Å²) >= 11 is 0. The number of aryl methyl sites for hydroxylation is 1. The molecule has 2 aliphatic rings. The Labute approximate surface area is 186 Å². The molecule has 0 atom stereocenters. The van der Waals surface area contributed by atoms with Gasteiger partial charge < -0.3 is 9.63 Å². The van der Waals surface area contributed by atoms with Gasteiger partial charge in [0.2, 0.25) is 0 Å². The molecule has 4 aromatic rings. The number of aromatic nitrogens is 1. The predicted molar refractivity (Wildman–Crippen MR) is 129 cm³/mol. The van der Waals surface area contributed by atoms with Gasteiger partial charge in [-0.05, 0) is 37.5 Å². The van der Waals surface area contributed by atoms with Gasteiger partial charge in [0.25, 0.3) is 0 Å². The molecule has 2 aliphatic carbocycles. The van der Waals surface area contributed by atoms with Gasteiger partial charge in [-0.25, -0.2) is 0 Å². The van der Waals surface area contributed by atoms with Crippen molar-refractivity contribution in [1.29, 1.82) is 0 Å². The number of nitrogens with zero attached hydrogens (tertiary/aromatic N) is 3. The molecular formula is C27H25N3O2. The molecule has 0 aliphatic heterocycles. The number of hydrogen-bond donors (Lipinski definition) is 1. The van der Waals surface area contributed by atoms with E-state index in [2.05, 4.69) is 24.2 Å². The Bertz CT molecular complexity index is 1410. The molecule has 1 fully saturated rings. The number of rotatable bonds is 2. The van der Waals surface area contributed by atoms with E-state index in [4.69, 9.17) is 14.5 Å². The summed E-state index contributed by atoms with van der Waals surface area (Å²) in [6.07, 6.45) is 6.50. The van der Waals surface area contributed by atoms with Crippen molar-refractivity contribution in [2.45, 2.75) is 51.5 Å². The van der Waals surface area contributed by atoms with E-state index in [0.717, 1.165) is 62.9 Å². The maximum Gasteiger partial charge on any atom is 0.176 e. The van der Waals surface area contributed by atoms with Crippen LogP contribution in [0, 0.1) is 6.92 Å². The van der Waals surface area contributed by atoms with Crippen molar-refractivity contribution >= 4 is 38.9 Å². The van der Waals surface area contributed by atoms with Crippen LogP contribution in [-0.2, 0) is 0 Å². The molecule has 3 aromatic carbocycles. The van der Waals surface area contributed by atoms with E-state index in [0.29, 0.717) is 18.0 Å². The van der Waals surface area contributed by atoms with E-state index in [1.54, 1.807) is 0 Å². The zero-order chi connectivity index (χ0) is 21.7. The molecule has 0 amide bonds. The van der Waals surface area contributed by atoms with Crippen LogP contribution < -0.4 is 0 Å². The summed E-state index contributed by atoms with van der Waals surface area (Å²) in [6, 6.07) is 16.2. The first kappa shape index (κ1) is 19.2. The number of phenols is 1. The predicted octanol–water partition coefficient (Wildman–Crippen LogP) is 6.64. The van der Waals surface area contributed by atoms with Gasteiger partial charge in [0.15, 0.2) is 5.58 Å². The summed E-state index contributed by atoms with van der Waals surface area (Å²) < 4.78 is 5.87. The van der Waals surface area contributed by atoms with Gasteiger partial charge in [-0.2, -0.15) is 0 Å². The molecule has 1 heterocycles. The number of aliphatic imine (C=N–C) groups is 2. The SMILES string of the molecule is Cc1cccc(N=C2CC(=NC3CCCCC3)c3noc4c3c2c(O)c2ccccc24)c1. The Morgan fingerprint density at radius 1 is 0.969 bits per heavy atom. The molecule has 6 rings (SSSR count). The summed E-state index contributed by atoms with van der Waals surface area (Å²) in [5.41, 5.74) is 5.92. The van der Waals surface area contributed by atoms with Gasteiger partial charge >= 0.3 is 0 Å². The highest BCUT2D eigenvalue weighted by molar-refractivity contribution is 6.34. The fourth-order valence-electron chi connectivity index (χ4n) is 5.14. The Kier molecular flexibility index (Phi) is 4.56. The Balaban J connectivity index is 1.63. The first-order valence-electron chi connectivity index (χ1n) is 11.4. The number of phenolic OH excluding ortho intramolecular Hbond substituents is 1. The van der Waals surface area contributed by atoms with Gasteiger partial charge in [-0.15, -0.1) is 0 Å². The highest BCUT2D eigenvalue weighted by atomic mass is 16.5. The van der Waals surface area contributed by atoms with Crippen LogP contribution in [0.25, 0.3) is 21.7 Å². The van der Waals surface area contributed by atoms with Crippen LogP contribution in [0.2, 0.25) is 0 Å². The first-order chi connectivity index (χ1) is 15.7. The number of aromatic hydroxyl groups is 1. The lowest BCUT2D eigenvalue weighted by Gasteiger charge is -2.22. The van der Waals surface area contributed by atoms with E-state index in [9.17, 15) is 5.11 Å². The van der Waals surface area contributed by atoms with Gasteiger partial charge in [-0.1, -0.05) is 60.8 Å². The largest absolute Gasteiger partial charge is 0.507 e. The highest BCUT2D eigenvalue weighted by Crippen LogP contribution is 2.43. The lowest BCUT2D eigenvalue weighted by atomic mass is 9.87. The summed E-state index contributed by atoms with van der Waals surface area (Å²) in [4.78, 5) is 10.1. The van der Waals surface area contributed by atoms with Gasteiger partial charge in [0.1, 0.15) is 11.4 Å². The highest BCUT2D eigenvalue weighted by Gasteiger charge is 2.32. The minimum atomic E-state index is 0.237. The van der Waals surface area contributed by atoms with E-state index in [1.807, 2.05) is 36.4 Å². The molecule has 0 unspecified atom stereocenters. The van der Waals surface area contributed by atoms with Crippen LogP contribution in [0.15, 0.2) is 63.0 Å². The van der Waals surface area contributed by atoms with Crippen LogP contribution in [0.1, 0.15) is 55.3 Å². The summed E-state index contributed by atoms with van der Waals surface area (Å²) in [5.74, 6) is 0.237. The quantitative estimate of drug-likeness (QED) is 0.393. The monoisotopic (exact) mass is 423 g/mol. The smallest absolute Gasteiger partial charge is 0.176 e. The second-order valence-electron chi connectivity index (χ2n) is 8.95. The van der Waals surface area contributed by atoms with Crippen LogP contribution in [0.3, 0.4) is 0 Å². The van der Waals surface area contributed by atoms with Crippen LogP contribution in [0.4, 0.5) is 5.69 Å². The van der Waals surface area contributed by atoms with Crippen LogP contribution in [-0.4, -0.2) is 27.7 Å². The molecule has 1 aromatic heterocycles. The Morgan fingerprint density at radius 3 is 2.59 bits per heavy atom. The standard InChI is InChI=1S/C27H25N3O2/c1-16-8-7-11-18(14-16)29-21-15-22(28-17-9-3-2-4-10-17)25-24-23(21)26(31)19-12-5-6-13-20(19)27(24)32-30-25/h5-8,11-14,17,31H,2-4,9-10,15H2,1H3. The zero-order valence-corrected chi connectivity index (χ0v) is 18.1. The van der Waals surface area contributed by atoms with Crippen molar-refractivity contribution in [2.75, 3.05) is 0 Å². The normalized spacial score (nSPS) is 19.4. The fourth-order valence-corrected chi connectivity index (χ4v) is 5.14. The minimum Gasteiger partial charge on any atom is -0.507 e. The van der Waals surface area contributed by atoms with Crippen molar-refractivity contribution in [1.82, 2.24) is 5.16 Å². The lowest BCUT2D eigenvalue weighted by Crippen LogP contribution is -2.21. The van der Waals surface area contributed by atoms with Crippen LogP contribution in [0.5, 0.6) is 5.75 Å². The molecule has 0 saturated heterocycles. The Morgan fingerprint density at radius 2 is 1.78 bits per heavy atom. The molecule has 32 heavy (non-hydrogen) atoms. The molecular weight excluding hydrogens is 398 g/mol. The molecule has 0 spiro atoms.